The molecule has 0 aliphatic carbocycles. The number of rotatable bonds is 9. The molecule has 7 nitrogen and oxygen atoms in total. The first kappa shape index (κ1) is 30.3. The second-order valence-electron chi connectivity index (χ2n) is 11.4. The zero-order chi connectivity index (χ0) is 32.2. The molecule has 1 heterocycles. The van der Waals surface area contributed by atoms with Crippen LogP contribution in [0.5, 0.6) is 11.5 Å². The normalized spacial score (nSPS) is 11.4. The minimum Gasteiger partial charge on any atom is -0.494 e. The van der Waals surface area contributed by atoms with Crippen LogP contribution in [-0.4, -0.2) is 22.5 Å². The third kappa shape index (κ3) is 5.85. The number of para-hydroxylation sites is 1. The van der Waals surface area contributed by atoms with E-state index in [1.165, 1.54) is 4.68 Å². The molecule has 0 saturated heterocycles. The summed E-state index contributed by atoms with van der Waals surface area (Å²) in [5, 5.41) is 16.8. The Bertz CT molecular complexity index is 2210. The molecule has 0 radical (unpaired) electrons. The molecule has 6 rings (SSSR count). The predicted molar refractivity (Wildman–Crippen MR) is 184 cm³/mol. The molecule has 46 heavy (non-hydrogen) atoms. The SMILES string of the molecule is CCOc1cc(C)c(-c2nc3ccccc3c(=O)n2N=Cc2c(OCc3ccccc3C#N)ccc3ccccc23)cc1C(C)C. The Kier molecular flexibility index (Phi) is 8.62. The van der Waals surface area contributed by atoms with Crippen LogP contribution in [0.3, 0.4) is 0 Å². The average Bonchev–Trinajstić information content (AvgIpc) is 3.07. The Hall–Kier alpha value is -5.74. The first-order chi connectivity index (χ1) is 22.4. The van der Waals surface area contributed by atoms with Crippen molar-refractivity contribution >= 4 is 27.9 Å². The van der Waals surface area contributed by atoms with Gasteiger partial charge in [0.15, 0.2) is 5.82 Å². The van der Waals surface area contributed by atoms with Gasteiger partial charge in [-0.1, -0.05) is 74.5 Å². The third-order valence-corrected chi connectivity index (χ3v) is 8.03. The summed E-state index contributed by atoms with van der Waals surface area (Å²) in [4.78, 5) is 19.1. The highest BCUT2D eigenvalue weighted by Gasteiger charge is 2.19. The maximum Gasteiger partial charge on any atom is 0.282 e. The van der Waals surface area contributed by atoms with Gasteiger partial charge in [0.2, 0.25) is 0 Å². The van der Waals surface area contributed by atoms with Crippen molar-refractivity contribution in [2.24, 2.45) is 5.10 Å². The number of benzene rings is 5. The number of aromatic nitrogens is 2. The summed E-state index contributed by atoms with van der Waals surface area (Å²) in [5.41, 5.74) is 5.13. The van der Waals surface area contributed by atoms with Gasteiger partial charge in [0.25, 0.3) is 5.56 Å². The Morgan fingerprint density at radius 2 is 1.65 bits per heavy atom. The van der Waals surface area contributed by atoms with Crippen LogP contribution in [-0.2, 0) is 6.61 Å². The molecule has 0 spiro atoms. The number of hydrogen-bond donors (Lipinski definition) is 0. The second-order valence-corrected chi connectivity index (χ2v) is 11.4. The van der Waals surface area contributed by atoms with Gasteiger partial charge in [0.05, 0.1) is 35.4 Å². The Labute approximate surface area is 268 Å². The zero-order valence-corrected chi connectivity index (χ0v) is 26.3. The minimum absolute atomic E-state index is 0.187. The number of nitrogens with zero attached hydrogens (tertiary/aromatic N) is 4. The predicted octanol–water partition coefficient (Wildman–Crippen LogP) is 8.38. The lowest BCUT2D eigenvalue weighted by molar-refractivity contribution is 0.306. The quantitative estimate of drug-likeness (QED) is 0.154. The molecule has 5 aromatic carbocycles. The van der Waals surface area contributed by atoms with E-state index in [9.17, 15) is 10.1 Å². The third-order valence-electron chi connectivity index (χ3n) is 8.03. The van der Waals surface area contributed by atoms with Gasteiger partial charge in [-0.15, -0.1) is 0 Å². The number of ether oxygens (including phenoxy) is 2. The summed E-state index contributed by atoms with van der Waals surface area (Å²) in [6.07, 6.45) is 1.67. The average molecular weight is 607 g/mol. The van der Waals surface area contributed by atoms with Gasteiger partial charge in [-0.05, 0) is 78.1 Å². The van der Waals surface area contributed by atoms with E-state index in [1.54, 1.807) is 18.3 Å². The molecule has 0 unspecified atom stereocenters. The van der Waals surface area contributed by atoms with E-state index >= 15 is 0 Å². The Morgan fingerprint density at radius 1 is 0.913 bits per heavy atom. The van der Waals surface area contributed by atoms with E-state index in [0.29, 0.717) is 40.2 Å². The van der Waals surface area contributed by atoms with Crippen LogP contribution in [0.4, 0.5) is 0 Å². The zero-order valence-electron chi connectivity index (χ0n) is 26.3. The lowest BCUT2D eigenvalue weighted by Gasteiger charge is -2.18. The summed E-state index contributed by atoms with van der Waals surface area (Å²) >= 11 is 0. The van der Waals surface area contributed by atoms with Crippen LogP contribution >= 0.6 is 0 Å². The highest BCUT2D eigenvalue weighted by atomic mass is 16.5. The lowest BCUT2D eigenvalue weighted by Crippen LogP contribution is -2.21. The number of aryl methyl sites for hydroxylation is 1. The van der Waals surface area contributed by atoms with Crippen molar-refractivity contribution in [2.75, 3.05) is 6.61 Å². The van der Waals surface area contributed by atoms with Crippen LogP contribution in [0, 0.1) is 18.3 Å². The minimum atomic E-state index is -0.276. The number of hydrogen-bond acceptors (Lipinski definition) is 6. The van der Waals surface area contributed by atoms with Gasteiger partial charge in [-0.25, -0.2) is 4.98 Å². The van der Waals surface area contributed by atoms with Gasteiger partial charge in [-0.3, -0.25) is 4.79 Å². The lowest BCUT2D eigenvalue weighted by atomic mass is 9.96. The van der Waals surface area contributed by atoms with Gasteiger partial charge >= 0.3 is 0 Å². The van der Waals surface area contributed by atoms with Gasteiger partial charge in [0, 0.05) is 16.7 Å². The van der Waals surface area contributed by atoms with Gasteiger partial charge in [0.1, 0.15) is 18.1 Å². The molecule has 0 amide bonds. The Balaban J connectivity index is 1.53. The maximum absolute atomic E-state index is 14.1. The van der Waals surface area contributed by atoms with Crippen LogP contribution in [0.25, 0.3) is 33.1 Å². The number of fused-ring (bicyclic) bond motifs is 2. The molecule has 0 N–H and O–H groups in total. The highest BCUT2D eigenvalue weighted by molar-refractivity contribution is 6.02. The summed E-state index contributed by atoms with van der Waals surface area (Å²) < 4.78 is 13.7. The summed E-state index contributed by atoms with van der Waals surface area (Å²) in [6.45, 7) is 8.96. The largest absolute Gasteiger partial charge is 0.494 e. The van der Waals surface area contributed by atoms with Crippen molar-refractivity contribution in [3.63, 3.8) is 0 Å². The molecule has 0 aliphatic rings. The van der Waals surface area contributed by atoms with Crippen LogP contribution in [0.1, 0.15) is 54.5 Å². The van der Waals surface area contributed by atoms with Crippen LogP contribution in [0.15, 0.2) is 107 Å². The van der Waals surface area contributed by atoms with Crippen molar-refractivity contribution in [1.29, 1.82) is 5.26 Å². The molecule has 0 aliphatic heterocycles. The monoisotopic (exact) mass is 606 g/mol. The van der Waals surface area contributed by atoms with E-state index < -0.39 is 0 Å². The van der Waals surface area contributed by atoms with E-state index in [4.69, 9.17) is 19.6 Å². The van der Waals surface area contributed by atoms with Crippen molar-refractivity contribution in [1.82, 2.24) is 9.66 Å². The summed E-state index contributed by atoms with van der Waals surface area (Å²) in [6, 6.07) is 32.8. The first-order valence-electron chi connectivity index (χ1n) is 15.4. The smallest absolute Gasteiger partial charge is 0.282 e. The maximum atomic E-state index is 14.1. The molecule has 0 fully saturated rings. The van der Waals surface area contributed by atoms with Crippen LogP contribution in [0.2, 0.25) is 0 Å². The fraction of sp³-hybridized carbons (Fsp3) is 0.179. The standard InChI is InChI=1S/C39H34N4O3/c1-5-45-37-20-26(4)33(21-32(37)25(2)3)38-42-35-17-11-10-16-31(35)39(44)43(38)41-23-34-30-15-9-8-12-27(30)18-19-36(34)46-24-29-14-7-6-13-28(29)22-40/h6-21,23,25H,5,24H2,1-4H3. The Morgan fingerprint density at radius 3 is 2.43 bits per heavy atom. The summed E-state index contributed by atoms with van der Waals surface area (Å²) in [7, 11) is 0. The van der Waals surface area contributed by atoms with Crippen molar-refractivity contribution < 1.29 is 9.47 Å². The van der Waals surface area contributed by atoms with Gasteiger partial charge in [-0.2, -0.15) is 15.0 Å². The fourth-order valence-corrected chi connectivity index (χ4v) is 5.64. The van der Waals surface area contributed by atoms with Crippen molar-refractivity contribution in [3.8, 4) is 29.0 Å². The molecule has 0 saturated carbocycles. The molecule has 6 aromatic rings. The molecule has 0 bridgehead atoms. The molecular weight excluding hydrogens is 572 g/mol. The molecule has 1 aromatic heterocycles. The van der Waals surface area contributed by atoms with E-state index in [0.717, 1.165) is 38.8 Å². The van der Waals surface area contributed by atoms with Crippen LogP contribution < -0.4 is 15.0 Å². The molecule has 0 atom stereocenters. The second kappa shape index (κ2) is 13.1. The number of nitriles is 1. The topological polar surface area (TPSA) is 89.5 Å². The van der Waals surface area contributed by atoms with E-state index in [1.807, 2.05) is 92.7 Å². The van der Waals surface area contributed by atoms with E-state index in [2.05, 4.69) is 26.0 Å². The highest BCUT2D eigenvalue weighted by Crippen LogP contribution is 2.34. The summed E-state index contributed by atoms with van der Waals surface area (Å²) in [5.74, 6) is 2.03. The van der Waals surface area contributed by atoms with Gasteiger partial charge < -0.3 is 9.47 Å². The molecular formula is C39H34N4O3. The van der Waals surface area contributed by atoms with Crippen molar-refractivity contribution in [3.05, 3.63) is 135 Å². The molecule has 228 valence electrons. The molecule has 7 heteroatoms. The fourth-order valence-electron chi connectivity index (χ4n) is 5.64. The van der Waals surface area contributed by atoms with E-state index in [-0.39, 0.29) is 18.1 Å². The van der Waals surface area contributed by atoms with Crippen molar-refractivity contribution in [2.45, 2.75) is 40.2 Å². The first-order valence-corrected chi connectivity index (χ1v) is 15.4.